The summed E-state index contributed by atoms with van der Waals surface area (Å²) in [4.78, 5) is 23.6. The van der Waals surface area contributed by atoms with Gasteiger partial charge in [-0.05, 0) is 35.4 Å². The number of carbonyl (C=O) groups is 1. The topological polar surface area (TPSA) is 45.6 Å². The molecule has 0 unspecified atom stereocenters. The predicted octanol–water partition coefficient (Wildman–Crippen LogP) is 4.50. The van der Waals surface area contributed by atoms with Gasteiger partial charge in [0.05, 0.1) is 4.91 Å². The standard InChI is InChI=1S/C18H17N3OS2/c1-3-10-21-16(22)15(12-14-7-5-13(4-2)6-8-14)24-18(21)20-17-19-9-11-23-17/h3,5-9,11-12H,1,4,10H2,2H3/b15-12-,20-18+. The van der Waals surface area contributed by atoms with Gasteiger partial charge in [0.15, 0.2) is 5.17 Å². The molecule has 1 saturated heterocycles. The largest absolute Gasteiger partial charge is 0.282 e. The molecule has 6 heteroatoms. The fourth-order valence-electron chi connectivity index (χ4n) is 2.24. The Bertz CT molecular complexity index is 792. The highest BCUT2D eigenvalue weighted by Gasteiger charge is 2.32. The number of carbonyl (C=O) groups excluding carboxylic acids is 1. The SMILES string of the molecule is C=CCN1C(=O)/C(=C/c2ccc(CC)cc2)S/C1=N/c1nccs1. The number of aromatic nitrogens is 1. The van der Waals surface area contributed by atoms with Crippen molar-refractivity contribution in [3.05, 3.63) is 64.5 Å². The first-order valence-corrected chi connectivity index (χ1v) is 9.30. The Morgan fingerprint density at radius 1 is 1.33 bits per heavy atom. The van der Waals surface area contributed by atoms with Crippen molar-refractivity contribution >= 4 is 45.4 Å². The van der Waals surface area contributed by atoms with Crippen molar-refractivity contribution in [3.63, 3.8) is 0 Å². The number of hydrogen-bond donors (Lipinski definition) is 0. The van der Waals surface area contributed by atoms with Crippen LogP contribution in [0.1, 0.15) is 18.1 Å². The molecule has 1 fully saturated rings. The van der Waals surface area contributed by atoms with Crippen molar-refractivity contribution < 1.29 is 4.79 Å². The van der Waals surface area contributed by atoms with Crippen molar-refractivity contribution in [3.8, 4) is 0 Å². The molecule has 0 spiro atoms. The van der Waals surface area contributed by atoms with Crippen LogP contribution in [0.15, 0.2) is 58.4 Å². The van der Waals surface area contributed by atoms with E-state index >= 15 is 0 Å². The van der Waals surface area contributed by atoms with Crippen molar-refractivity contribution in [1.29, 1.82) is 0 Å². The molecular weight excluding hydrogens is 338 g/mol. The molecule has 24 heavy (non-hydrogen) atoms. The quantitative estimate of drug-likeness (QED) is 0.586. The Balaban J connectivity index is 1.90. The van der Waals surface area contributed by atoms with E-state index < -0.39 is 0 Å². The zero-order chi connectivity index (χ0) is 16.9. The fourth-order valence-corrected chi connectivity index (χ4v) is 3.79. The summed E-state index contributed by atoms with van der Waals surface area (Å²) in [6.07, 6.45) is 6.32. The molecule has 1 amide bonds. The Morgan fingerprint density at radius 3 is 2.75 bits per heavy atom. The summed E-state index contributed by atoms with van der Waals surface area (Å²) < 4.78 is 0. The second kappa shape index (κ2) is 7.59. The van der Waals surface area contributed by atoms with E-state index in [-0.39, 0.29) is 5.91 Å². The van der Waals surface area contributed by atoms with Gasteiger partial charge in [0, 0.05) is 18.1 Å². The minimum absolute atomic E-state index is 0.0465. The Labute approximate surface area is 149 Å². The van der Waals surface area contributed by atoms with E-state index in [0.29, 0.717) is 21.7 Å². The third kappa shape index (κ3) is 3.66. The average molecular weight is 355 g/mol. The predicted molar refractivity (Wildman–Crippen MR) is 103 cm³/mol. The molecule has 1 aliphatic heterocycles. The highest BCUT2D eigenvalue weighted by molar-refractivity contribution is 8.18. The van der Waals surface area contributed by atoms with Crippen molar-refractivity contribution in [2.24, 2.45) is 4.99 Å². The highest BCUT2D eigenvalue weighted by atomic mass is 32.2. The molecule has 0 N–H and O–H groups in total. The number of amidine groups is 1. The number of aliphatic imine (C=N–C) groups is 1. The van der Waals surface area contributed by atoms with Crippen LogP contribution in [0, 0.1) is 0 Å². The van der Waals surface area contributed by atoms with Crippen molar-refractivity contribution in [1.82, 2.24) is 9.88 Å². The molecule has 0 bridgehead atoms. The van der Waals surface area contributed by atoms with Crippen LogP contribution in [0.5, 0.6) is 0 Å². The minimum Gasteiger partial charge on any atom is -0.282 e. The van der Waals surface area contributed by atoms with Crippen LogP contribution in [-0.4, -0.2) is 27.5 Å². The van der Waals surface area contributed by atoms with E-state index in [1.54, 1.807) is 17.2 Å². The zero-order valence-electron chi connectivity index (χ0n) is 13.3. The molecule has 1 aliphatic rings. The number of benzene rings is 1. The number of nitrogens with zero attached hydrogens (tertiary/aromatic N) is 3. The summed E-state index contributed by atoms with van der Waals surface area (Å²) in [7, 11) is 0. The molecule has 0 radical (unpaired) electrons. The average Bonchev–Trinajstić information content (AvgIpc) is 3.20. The molecule has 1 aromatic heterocycles. The lowest BCUT2D eigenvalue weighted by Crippen LogP contribution is -2.29. The van der Waals surface area contributed by atoms with Gasteiger partial charge in [0.1, 0.15) is 0 Å². The third-order valence-electron chi connectivity index (χ3n) is 3.50. The lowest BCUT2D eigenvalue weighted by molar-refractivity contribution is -0.121. The maximum absolute atomic E-state index is 12.7. The van der Waals surface area contributed by atoms with Gasteiger partial charge < -0.3 is 0 Å². The molecule has 0 aliphatic carbocycles. The van der Waals surface area contributed by atoms with Crippen LogP contribution in [-0.2, 0) is 11.2 Å². The van der Waals surface area contributed by atoms with Crippen LogP contribution >= 0.6 is 23.1 Å². The van der Waals surface area contributed by atoms with E-state index in [1.807, 2.05) is 23.6 Å². The van der Waals surface area contributed by atoms with Gasteiger partial charge in [0.25, 0.3) is 5.91 Å². The first-order valence-electron chi connectivity index (χ1n) is 7.60. The molecule has 3 rings (SSSR count). The number of aryl methyl sites for hydroxylation is 1. The molecule has 0 atom stereocenters. The van der Waals surface area contributed by atoms with Crippen LogP contribution in [0.3, 0.4) is 0 Å². The van der Waals surface area contributed by atoms with E-state index in [2.05, 4.69) is 35.6 Å². The summed E-state index contributed by atoms with van der Waals surface area (Å²) >= 11 is 2.82. The maximum Gasteiger partial charge on any atom is 0.267 e. The molecular formula is C18H17N3OS2. The Hall–Kier alpha value is -2.18. The molecule has 2 aromatic rings. The van der Waals surface area contributed by atoms with Gasteiger partial charge in [-0.15, -0.1) is 17.9 Å². The third-order valence-corrected chi connectivity index (χ3v) is 5.17. The summed E-state index contributed by atoms with van der Waals surface area (Å²) in [5, 5.41) is 3.16. The number of thiazole rings is 1. The summed E-state index contributed by atoms with van der Waals surface area (Å²) in [6, 6.07) is 8.24. The Morgan fingerprint density at radius 2 is 2.12 bits per heavy atom. The van der Waals surface area contributed by atoms with Crippen molar-refractivity contribution in [2.45, 2.75) is 13.3 Å². The summed E-state index contributed by atoms with van der Waals surface area (Å²) in [6.45, 7) is 6.28. The summed E-state index contributed by atoms with van der Waals surface area (Å²) in [5.41, 5.74) is 2.29. The first-order chi connectivity index (χ1) is 11.7. The van der Waals surface area contributed by atoms with Gasteiger partial charge in [0.2, 0.25) is 5.13 Å². The lowest BCUT2D eigenvalue weighted by Gasteiger charge is -2.11. The molecule has 0 saturated carbocycles. The first kappa shape index (κ1) is 16.7. The van der Waals surface area contributed by atoms with E-state index in [1.165, 1.54) is 28.7 Å². The summed E-state index contributed by atoms with van der Waals surface area (Å²) in [5.74, 6) is -0.0465. The highest BCUT2D eigenvalue weighted by Crippen LogP contribution is 2.34. The smallest absolute Gasteiger partial charge is 0.267 e. The van der Waals surface area contributed by atoms with Crippen LogP contribution in [0.4, 0.5) is 5.13 Å². The monoisotopic (exact) mass is 355 g/mol. The Kier molecular flexibility index (Phi) is 5.27. The molecule has 2 heterocycles. The second-order valence-corrected chi connectivity index (χ2v) is 7.00. The minimum atomic E-state index is -0.0465. The van der Waals surface area contributed by atoms with E-state index in [4.69, 9.17) is 0 Å². The van der Waals surface area contributed by atoms with Crippen LogP contribution in [0.2, 0.25) is 0 Å². The van der Waals surface area contributed by atoms with E-state index in [9.17, 15) is 4.79 Å². The maximum atomic E-state index is 12.7. The van der Waals surface area contributed by atoms with Crippen LogP contribution in [0.25, 0.3) is 6.08 Å². The van der Waals surface area contributed by atoms with Crippen LogP contribution < -0.4 is 0 Å². The number of rotatable bonds is 5. The van der Waals surface area contributed by atoms with Crippen molar-refractivity contribution in [2.75, 3.05) is 6.54 Å². The van der Waals surface area contributed by atoms with Gasteiger partial charge in [-0.25, -0.2) is 4.98 Å². The molecule has 1 aromatic carbocycles. The lowest BCUT2D eigenvalue weighted by atomic mass is 10.1. The molecule has 4 nitrogen and oxygen atoms in total. The van der Waals surface area contributed by atoms with E-state index in [0.717, 1.165) is 12.0 Å². The number of hydrogen-bond acceptors (Lipinski definition) is 5. The molecule has 122 valence electrons. The van der Waals surface area contributed by atoms with Gasteiger partial charge in [-0.2, -0.15) is 4.99 Å². The van der Waals surface area contributed by atoms with Gasteiger partial charge in [-0.1, -0.05) is 37.3 Å². The van der Waals surface area contributed by atoms with Gasteiger partial charge >= 0.3 is 0 Å². The fraction of sp³-hybridized carbons (Fsp3) is 0.167. The van der Waals surface area contributed by atoms with Gasteiger partial charge in [-0.3, -0.25) is 9.69 Å². The normalized spacial score (nSPS) is 17.9. The second-order valence-electron chi connectivity index (χ2n) is 5.12. The number of thioether (sulfide) groups is 1. The zero-order valence-corrected chi connectivity index (χ0v) is 14.9. The number of amides is 1.